The molecule has 2 rings (SSSR count). The summed E-state index contributed by atoms with van der Waals surface area (Å²) < 4.78 is 26.7. The minimum Gasteiger partial charge on any atom is -0.481 e. The van der Waals surface area contributed by atoms with Crippen LogP contribution in [0.2, 0.25) is 0 Å². The predicted molar refractivity (Wildman–Crippen MR) is 86.2 cm³/mol. The maximum Gasteiger partial charge on any atom is 0.305 e. The van der Waals surface area contributed by atoms with Crippen molar-refractivity contribution < 1.29 is 23.1 Å². The zero-order valence-electron chi connectivity index (χ0n) is 11.9. The van der Waals surface area contributed by atoms with E-state index >= 15 is 0 Å². The molecule has 0 aliphatic heterocycles. The van der Waals surface area contributed by atoms with Crippen LogP contribution >= 0.6 is 11.3 Å². The Morgan fingerprint density at radius 3 is 2.39 bits per heavy atom. The van der Waals surface area contributed by atoms with Crippen LogP contribution in [0.25, 0.3) is 0 Å². The summed E-state index contributed by atoms with van der Waals surface area (Å²) in [5.41, 5.74) is 0.648. The lowest BCUT2D eigenvalue weighted by Crippen LogP contribution is -2.25. The lowest BCUT2D eigenvalue weighted by molar-refractivity contribution is -0.136. The summed E-state index contributed by atoms with van der Waals surface area (Å²) in [5.74, 6) is -1.41. The van der Waals surface area contributed by atoms with Crippen molar-refractivity contribution in [3.05, 3.63) is 47.3 Å². The van der Waals surface area contributed by atoms with Gasteiger partial charge in [0.1, 0.15) is 4.21 Å². The molecular formula is C14H14N2O5S2. The van der Waals surface area contributed by atoms with Gasteiger partial charge in [-0.2, -0.15) is 0 Å². The van der Waals surface area contributed by atoms with Crippen LogP contribution in [0.1, 0.15) is 16.8 Å². The molecule has 1 amide bonds. The highest BCUT2D eigenvalue weighted by Gasteiger charge is 2.15. The van der Waals surface area contributed by atoms with E-state index in [0.717, 1.165) is 11.3 Å². The molecule has 1 aromatic carbocycles. The SMILES string of the molecule is O=C(O)CCNC(=O)c1ccc(NS(=O)(=O)c2cccs2)cc1. The number of hydrogen-bond donors (Lipinski definition) is 3. The lowest BCUT2D eigenvalue weighted by Gasteiger charge is -2.07. The number of carbonyl (C=O) groups excluding carboxylic acids is 1. The van der Waals surface area contributed by atoms with Crippen molar-refractivity contribution in [3.63, 3.8) is 0 Å². The summed E-state index contributed by atoms with van der Waals surface area (Å²) in [4.78, 5) is 22.1. The number of amides is 1. The summed E-state index contributed by atoms with van der Waals surface area (Å²) in [6.07, 6.45) is -0.162. The molecule has 0 saturated carbocycles. The van der Waals surface area contributed by atoms with Gasteiger partial charge in [0, 0.05) is 17.8 Å². The van der Waals surface area contributed by atoms with Gasteiger partial charge in [-0.25, -0.2) is 8.42 Å². The first-order chi connectivity index (χ1) is 10.9. The van der Waals surface area contributed by atoms with E-state index in [0.29, 0.717) is 11.3 Å². The molecule has 122 valence electrons. The lowest BCUT2D eigenvalue weighted by atomic mass is 10.2. The van der Waals surface area contributed by atoms with E-state index in [-0.39, 0.29) is 17.2 Å². The van der Waals surface area contributed by atoms with E-state index in [1.807, 2.05) is 0 Å². The van der Waals surface area contributed by atoms with Crippen molar-refractivity contribution >= 4 is 38.9 Å². The molecule has 0 spiro atoms. The van der Waals surface area contributed by atoms with Gasteiger partial charge in [0.2, 0.25) is 0 Å². The molecule has 0 bridgehead atoms. The molecule has 23 heavy (non-hydrogen) atoms. The summed E-state index contributed by atoms with van der Waals surface area (Å²) >= 11 is 1.11. The van der Waals surface area contributed by atoms with E-state index in [4.69, 9.17) is 5.11 Å². The summed E-state index contributed by atoms with van der Waals surface area (Å²) in [6, 6.07) is 9.00. The fourth-order valence-corrected chi connectivity index (χ4v) is 3.75. The molecule has 0 aliphatic rings. The number of anilines is 1. The number of carboxylic acids is 1. The molecule has 0 fully saturated rings. The van der Waals surface area contributed by atoms with Crippen LogP contribution in [0.5, 0.6) is 0 Å². The molecule has 0 aliphatic carbocycles. The molecule has 0 atom stereocenters. The fraction of sp³-hybridized carbons (Fsp3) is 0.143. The van der Waals surface area contributed by atoms with Gasteiger partial charge < -0.3 is 10.4 Å². The average Bonchev–Trinajstić information content (AvgIpc) is 3.02. The van der Waals surface area contributed by atoms with E-state index < -0.39 is 21.9 Å². The third kappa shape index (κ3) is 4.80. The highest BCUT2D eigenvalue weighted by atomic mass is 32.2. The number of benzene rings is 1. The molecule has 1 heterocycles. The second-order valence-electron chi connectivity index (χ2n) is 4.51. The normalized spacial score (nSPS) is 11.0. The molecule has 9 heteroatoms. The smallest absolute Gasteiger partial charge is 0.305 e. The van der Waals surface area contributed by atoms with Crippen LogP contribution in [0.15, 0.2) is 46.0 Å². The third-order valence-electron chi connectivity index (χ3n) is 2.78. The quantitative estimate of drug-likeness (QED) is 0.701. The van der Waals surface area contributed by atoms with E-state index in [2.05, 4.69) is 10.0 Å². The van der Waals surface area contributed by atoms with Crippen molar-refractivity contribution in [1.29, 1.82) is 0 Å². The zero-order chi connectivity index (χ0) is 16.9. The Morgan fingerprint density at radius 1 is 1.13 bits per heavy atom. The number of rotatable bonds is 7. The van der Waals surface area contributed by atoms with Crippen LogP contribution < -0.4 is 10.0 Å². The summed E-state index contributed by atoms with van der Waals surface area (Å²) in [7, 11) is -3.62. The van der Waals surface area contributed by atoms with Crippen molar-refractivity contribution in [2.24, 2.45) is 0 Å². The molecule has 0 saturated heterocycles. The first-order valence-corrected chi connectivity index (χ1v) is 8.91. The highest BCUT2D eigenvalue weighted by Crippen LogP contribution is 2.20. The number of thiophene rings is 1. The third-order valence-corrected chi connectivity index (χ3v) is 5.56. The molecule has 3 N–H and O–H groups in total. The molecule has 7 nitrogen and oxygen atoms in total. The van der Waals surface area contributed by atoms with Crippen LogP contribution in [-0.2, 0) is 14.8 Å². The molecular weight excluding hydrogens is 340 g/mol. The van der Waals surface area contributed by atoms with Gasteiger partial charge in [-0.3, -0.25) is 14.3 Å². The van der Waals surface area contributed by atoms with E-state index in [9.17, 15) is 18.0 Å². The number of aliphatic carboxylic acids is 1. The average molecular weight is 354 g/mol. The Kier molecular flexibility index (Phi) is 5.35. The first kappa shape index (κ1) is 17.0. The minimum absolute atomic E-state index is 0.0287. The van der Waals surface area contributed by atoms with Gasteiger partial charge >= 0.3 is 5.97 Å². The van der Waals surface area contributed by atoms with Gasteiger partial charge in [0.15, 0.2) is 0 Å². The highest BCUT2D eigenvalue weighted by molar-refractivity contribution is 7.94. The van der Waals surface area contributed by atoms with Crippen molar-refractivity contribution in [3.8, 4) is 0 Å². The number of carboxylic acid groups (broad SMARTS) is 1. The maximum atomic E-state index is 12.1. The minimum atomic E-state index is -3.62. The molecule has 1 aromatic heterocycles. The van der Waals surface area contributed by atoms with Crippen LogP contribution in [0.3, 0.4) is 0 Å². The Labute approximate surface area is 137 Å². The number of carbonyl (C=O) groups is 2. The van der Waals surface area contributed by atoms with Crippen LogP contribution in [0.4, 0.5) is 5.69 Å². The van der Waals surface area contributed by atoms with E-state index in [1.54, 1.807) is 11.4 Å². The Bertz CT molecular complexity index is 783. The number of hydrogen-bond acceptors (Lipinski definition) is 5. The fourth-order valence-electron chi connectivity index (χ4n) is 1.70. The van der Waals surface area contributed by atoms with Gasteiger partial charge in [-0.1, -0.05) is 6.07 Å². The van der Waals surface area contributed by atoms with Gasteiger partial charge in [-0.05, 0) is 35.7 Å². The first-order valence-electron chi connectivity index (χ1n) is 6.55. The summed E-state index contributed by atoms with van der Waals surface area (Å²) in [6.45, 7) is 0.0287. The predicted octanol–water partition coefficient (Wildman–Crippen LogP) is 1.75. The topological polar surface area (TPSA) is 113 Å². The standard InChI is InChI=1S/C14H14N2O5S2/c17-12(18)7-8-15-14(19)10-3-5-11(6-4-10)16-23(20,21)13-2-1-9-22-13/h1-6,9,16H,7-8H2,(H,15,19)(H,17,18). The Hall–Kier alpha value is -2.39. The number of sulfonamides is 1. The van der Waals surface area contributed by atoms with Crippen molar-refractivity contribution in [2.45, 2.75) is 10.6 Å². The van der Waals surface area contributed by atoms with Gasteiger partial charge in [-0.15, -0.1) is 11.3 Å². The molecule has 0 radical (unpaired) electrons. The van der Waals surface area contributed by atoms with Gasteiger partial charge in [0.05, 0.1) is 6.42 Å². The largest absolute Gasteiger partial charge is 0.481 e. The Morgan fingerprint density at radius 2 is 1.83 bits per heavy atom. The van der Waals surface area contributed by atoms with Crippen LogP contribution in [0, 0.1) is 0 Å². The van der Waals surface area contributed by atoms with Crippen molar-refractivity contribution in [1.82, 2.24) is 5.32 Å². The molecule has 0 unspecified atom stereocenters. The molecule has 2 aromatic rings. The van der Waals surface area contributed by atoms with Crippen molar-refractivity contribution in [2.75, 3.05) is 11.3 Å². The zero-order valence-corrected chi connectivity index (χ0v) is 13.5. The second kappa shape index (κ2) is 7.25. The Balaban J connectivity index is 1.99. The maximum absolute atomic E-state index is 12.1. The van der Waals surface area contributed by atoms with E-state index in [1.165, 1.54) is 30.3 Å². The second-order valence-corrected chi connectivity index (χ2v) is 7.37. The van der Waals surface area contributed by atoms with Gasteiger partial charge in [0.25, 0.3) is 15.9 Å². The monoisotopic (exact) mass is 354 g/mol. The number of nitrogens with one attached hydrogen (secondary N) is 2. The van der Waals surface area contributed by atoms with Crippen LogP contribution in [-0.4, -0.2) is 31.9 Å². The summed E-state index contributed by atoms with van der Waals surface area (Å²) in [5, 5.41) is 12.6.